The molecule has 0 saturated carbocycles. The predicted octanol–water partition coefficient (Wildman–Crippen LogP) is 2.27. The summed E-state index contributed by atoms with van der Waals surface area (Å²) in [5.74, 6) is -0.421. The number of anilines is 2. The number of ether oxygens (including phenoxy) is 1. The lowest BCUT2D eigenvalue weighted by atomic mass is 10.1. The van der Waals surface area contributed by atoms with Crippen LogP contribution in [0.25, 0.3) is 0 Å². The molecule has 3 N–H and O–H groups in total. The van der Waals surface area contributed by atoms with Gasteiger partial charge in [0.25, 0.3) is 0 Å². The Hall–Kier alpha value is -1.71. The molecule has 0 spiro atoms. The summed E-state index contributed by atoms with van der Waals surface area (Å²) in [5.41, 5.74) is 7.29. The normalized spacial score (nSPS) is 11.0. The molecule has 1 rings (SSSR count). The summed E-state index contributed by atoms with van der Waals surface area (Å²) in [6.45, 7) is 6.13. The molecule has 1 aromatic carbocycles. The maximum atomic E-state index is 11.4. The molecule has 0 aliphatic carbocycles. The zero-order valence-corrected chi connectivity index (χ0v) is 10.1. The second-order valence-corrected chi connectivity index (χ2v) is 4.67. The Morgan fingerprint density at radius 2 is 2.00 bits per heavy atom. The summed E-state index contributed by atoms with van der Waals surface area (Å²) in [6.07, 6.45) is 0. The van der Waals surface area contributed by atoms with E-state index in [4.69, 9.17) is 5.73 Å². The molecule has 0 aromatic heterocycles. The monoisotopic (exact) mass is 222 g/mol. The summed E-state index contributed by atoms with van der Waals surface area (Å²) in [5, 5.41) is 3.26. The van der Waals surface area contributed by atoms with E-state index in [1.54, 1.807) is 12.1 Å². The summed E-state index contributed by atoms with van der Waals surface area (Å²) in [6, 6.07) is 5.24. The van der Waals surface area contributed by atoms with Crippen LogP contribution in [0, 0.1) is 0 Å². The van der Waals surface area contributed by atoms with Gasteiger partial charge in [0.05, 0.1) is 12.7 Å². The molecule has 0 unspecified atom stereocenters. The number of methoxy groups -OCH3 is 1. The van der Waals surface area contributed by atoms with Crippen LogP contribution < -0.4 is 11.1 Å². The molecule has 4 nitrogen and oxygen atoms in total. The van der Waals surface area contributed by atoms with Gasteiger partial charge in [0.1, 0.15) is 0 Å². The third-order valence-electron chi connectivity index (χ3n) is 1.98. The first-order chi connectivity index (χ1) is 7.33. The van der Waals surface area contributed by atoms with Gasteiger partial charge in [0, 0.05) is 16.9 Å². The fourth-order valence-electron chi connectivity index (χ4n) is 1.35. The van der Waals surface area contributed by atoms with Gasteiger partial charge in [0.15, 0.2) is 0 Å². The van der Waals surface area contributed by atoms with Gasteiger partial charge in [-0.15, -0.1) is 0 Å². The Bertz CT molecular complexity index is 394. The van der Waals surface area contributed by atoms with Crippen molar-refractivity contribution < 1.29 is 9.53 Å². The van der Waals surface area contributed by atoms with Gasteiger partial charge in [-0.25, -0.2) is 4.79 Å². The lowest BCUT2D eigenvalue weighted by Crippen LogP contribution is -2.26. The average Bonchev–Trinajstić information content (AvgIpc) is 2.18. The number of rotatable bonds is 2. The van der Waals surface area contributed by atoms with Crippen molar-refractivity contribution in [1.82, 2.24) is 0 Å². The highest BCUT2D eigenvalue weighted by atomic mass is 16.5. The van der Waals surface area contributed by atoms with Crippen LogP contribution in [0.5, 0.6) is 0 Å². The van der Waals surface area contributed by atoms with Crippen LogP contribution in [0.1, 0.15) is 31.1 Å². The highest BCUT2D eigenvalue weighted by molar-refractivity contribution is 5.96. The lowest BCUT2D eigenvalue weighted by molar-refractivity contribution is 0.0602. The summed E-state index contributed by atoms with van der Waals surface area (Å²) >= 11 is 0. The van der Waals surface area contributed by atoms with Crippen LogP contribution in [0.3, 0.4) is 0 Å². The van der Waals surface area contributed by atoms with Crippen LogP contribution in [-0.4, -0.2) is 18.6 Å². The first kappa shape index (κ1) is 12.4. The van der Waals surface area contributed by atoms with Crippen LogP contribution >= 0.6 is 0 Å². The van der Waals surface area contributed by atoms with Crippen LogP contribution in [0.2, 0.25) is 0 Å². The number of carbonyl (C=O) groups is 1. The van der Waals surface area contributed by atoms with Crippen LogP contribution in [0.4, 0.5) is 11.4 Å². The molecular weight excluding hydrogens is 204 g/mol. The number of hydrogen-bond acceptors (Lipinski definition) is 4. The maximum Gasteiger partial charge on any atom is 0.340 e. The van der Waals surface area contributed by atoms with Gasteiger partial charge < -0.3 is 15.8 Å². The number of esters is 1. The van der Waals surface area contributed by atoms with E-state index in [1.807, 2.05) is 26.8 Å². The molecule has 0 saturated heterocycles. The van der Waals surface area contributed by atoms with Gasteiger partial charge in [-0.1, -0.05) is 0 Å². The predicted molar refractivity (Wildman–Crippen MR) is 65.6 cm³/mol. The Morgan fingerprint density at radius 1 is 1.38 bits per heavy atom. The third-order valence-corrected chi connectivity index (χ3v) is 1.98. The number of hydrogen-bond donors (Lipinski definition) is 2. The van der Waals surface area contributed by atoms with E-state index in [0.717, 1.165) is 5.69 Å². The number of carbonyl (C=O) groups excluding carboxylic acids is 1. The molecule has 16 heavy (non-hydrogen) atoms. The van der Waals surface area contributed by atoms with Crippen molar-refractivity contribution in [3.63, 3.8) is 0 Å². The van der Waals surface area contributed by atoms with E-state index in [-0.39, 0.29) is 5.54 Å². The minimum atomic E-state index is -0.421. The molecule has 0 aliphatic rings. The third kappa shape index (κ3) is 3.15. The summed E-state index contributed by atoms with van der Waals surface area (Å²) in [7, 11) is 1.34. The van der Waals surface area contributed by atoms with Crippen LogP contribution in [-0.2, 0) is 4.74 Å². The first-order valence-electron chi connectivity index (χ1n) is 5.09. The molecule has 0 heterocycles. The highest BCUT2D eigenvalue weighted by Crippen LogP contribution is 2.21. The van der Waals surface area contributed by atoms with E-state index < -0.39 is 5.97 Å². The Kier molecular flexibility index (Phi) is 3.42. The van der Waals surface area contributed by atoms with E-state index in [1.165, 1.54) is 7.11 Å². The number of nitrogen functional groups attached to an aromatic ring is 1. The molecule has 0 amide bonds. The molecule has 0 atom stereocenters. The van der Waals surface area contributed by atoms with Crippen molar-refractivity contribution >= 4 is 17.3 Å². The fourth-order valence-corrected chi connectivity index (χ4v) is 1.35. The quantitative estimate of drug-likeness (QED) is 0.595. The summed E-state index contributed by atoms with van der Waals surface area (Å²) < 4.78 is 4.66. The smallest absolute Gasteiger partial charge is 0.340 e. The molecule has 0 fully saturated rings. The van der Waals surface area contributed by atoms with Crippen molar-refractivity contribution in [1.29, 1.82) is 0 Å². The van der Waals surface area contributed by atoms with Gasteiger partial charge in [-0.3, -0.25) is 0 Å². The molecular formula is C12H18N2O2. The minimum absolute atomic E-state index is 0.0660. The molecule has 4 heteroatoms. The SMILES string of the molecule is COC(=O)c1cc(NC(C)(C)C)ccc1N. The maximum absolute atomic E-state index is 11.4. The van der Waals surface area contributed by atoms with Crippen molar-refractivity contribution in [2.45, 2.75) is 26.3 Å². The number of nitrogens with one attached hydrogen (secondary N) is 1. The lowest BCUT2D eigenvalue weighted by Gasteiger charge is -2.22. The largest absolute Gasteiger partial charge is 0.465 e. The van der Waals surface area contributed by atoms with Gasteiger partial charge in [-0.05, 0) is 39.0 Å². The zero-order chi connectivity index (χ0) is 12.3. The number of benzene rings is 1. The van der Waals surface area contributed by atoms with Gasteiger partial charge in [0.2, 0.25) is 0 Å². The minimum Gasteiger partial charge on any atom is -0.465 e. The Labute approximate surface area is 95.8 Å². The van der Waals surface area contributed by atoms with Gasteiger partial charge in [-0.2, -0.15) is 0 Å². The molecule has 0 radical (unpaired) electrons. The number of nitrogens with two attached hydrogens (primary N) is 1. The van der Waals surface area contributed by atoms with Crippen LogP contribution in [0.15, 0.2) is 18.2 Å². The second-order valence-electron chi connectivity index (χ2n) is 4.67. The highest BCUT2D eigenvalue weighted by Gasteiger charge is 2.13. The van der Waals surface area contributed by atoms with Crippen molar-refractivity contribution in [2.75, 3.05) is 18.2 Å². The van der Waals surface area contributed by atoms with Gasteiger partial charge >= 0.3 is 5.97 Å². The standard InChI is InChI=1S/C12H18N2O2/c1-12(2,3)14-8-5-6-10(13)9(7-8)11(15)16-4/h5-7,14H,13H2,1-4H3. The molecule has 1 aromatic rings. The van der Waals surface area contributed by atoms with E-state index in [9.17, 15) is 4.79 Å². The zero-order valence-electron chi connectivity index (χ0n) is 10.1. The summed E-state index contributed by atoms with van der Waals surface area (Å²) in [4.78, 5) is 11.4. The molecule has 0 aliphatic heterocycles. The fraction of sp³-hybridized carbons (Fsp3) is 0.417. The first-order valence-corrected chi connectivity index (χ1v) is 5.09. The Morgan fingerprint density at radius 3 is 2.50 bits per heavy atom. The topological polar surface area (TPSA) is 64.3 Å². The molecule has 0 bridgehead atoms. The second kappa shape index (κ2) is 4.43. The van der Waals surface area contributed by atoms with E-state index >= 15 is 0 Å². The average molecular weight is 222 g/mol. The van der Waals surface area contributed by atoms with E-state index in [0.29, 0.717) is 11.3 Å². The van der Waals surface area contributed by atoms with Crippen molar-refractivity contribution in [3.05, 3.63) is 23.8 Å². The Balaban J connectivity index is 3.03. The molecule has 88 valence electrons. The van der Waals surface area contributed by atoms with Crippen molar-refractivity contribution in [2.24, 2.45) is 0 Å². The van der Waals surface area contributed by atoms with Crippen molar-refractivity contribution in [3.8, 4) is 0 Å². The van der Waals surface area contributed by atoms with E-state index in [2.05, 4.69) is 10.1 Å².